The van der Waals surface area contributed by atoms with Gasteiger partial charge >= 0.3 is 0 Å². The maximum atomic E-state index is 12.4. The maximum absolute atomic E-state index is 12.4. The van der Waals surface area contributed by atoms with Gasteiger partial charge in [-0.3, -0.25) is 4.79 Å². The first-order valence-corrected chi connectivity index (χ1v) is 7.40. The average Bonchev–Trinajstić information content (AvgIpc) is 3.07. The Bertz CT molecular complexity index is 594. The smallest absolute Gasteiger partial charge is 0.226 e. The van der Waals surface area contributed by atoms with Crippen LogP contribution in [0.3, 0.4) is 0 Å². The SMILES string of the molecule is CNCC(C)C(=O)N(C)C(C)c1ccc(-n2cncn2)cc1. The van der Waals surface area contributed by atoms with Crippen LogP contribution in [0.15, 0.2) is 36.9 Å². The number of carbonyl (C=O) groups is 1. The van der Waals surface area contributed by atoms with E-state index in [2.05, 4.69) is 15.4 Å². The fourth-order valence-electron chi connectivity index (χ4n) is 2.40. The Balaban J connectivity index is 2.09. The summed E-state index contributed by atoms with van der Waals surface area (Å²) < 4.78 is 1.71. The van der Waals surface area contributed by atoms with Crippen LogP contribution in [-0.2, 0) is 4.79 Å². The fraction of sp³-hybridized carbons (Fsp3) is 0.438. The quantitative estimate of drug-likeness (QED) is 0.881. The number of nitrogens with one attached hydrogen (secondary N) is 1. The van der Waals surface area contributed by atoms with Crippen molar-refractivity contribution in [2.45, 2.75) is 19.9 Å². The van der Waals surface area contributed by atoms with Gasteiger partial charge in [0.15, 0.2) is 0 Å². The second kappa shape index (κ2) is 7.17. The number of nitrogens with zero attached hydrogens (tertiary/aromatic N) is 4. The summed E-state index contributed by atoms with van der Waals surface area (Å²) in [6, 6.07) is 8.03. The lowest BCUT2D eigenvalue weighted by atomic mass is 10.0. The van der Waals surface area contributed by atoms with Crippen molar-refractivity contribution >= 4 is 5.91 Å². The molecule has 118 valence electrons. The summed E-state index contributed by atoms with van der Waals surface area (Å²) in [7, 11) is 3.71. The predicted molar refractivity (Wildman–Crippen MR) is 85.6 cm³/mol. The molecule has 0 radical (unpaired) electrons. The van der Waals surface area contributed by atoms with Gasteiger partial charge in [0.25, 0.3) is 0 Å². The van der Waals surface area contributed by atoms with Crippen molar-refractivity contribution < 1.29 is 4.79 Å². The number of aromatic nitrogens is 3. The van der Waals surface area contributed by atoms with Crippen LogP contribution in [0.1, 0.15) is 25.5 Å². The van der Waals surface area contributed by atoms with Crippen molar-refractivity contribution in [2.24, 2.45) is 5.92 Å². The molecule has 0 spiro atoms. The highest BCUT2D eigenvalue weighted by Gasteiger charge is 2.22. The van der Waals surface area contributed by atoms with Crippen LogP contribution in [0.2, 0.25) is 0 Å². The van der Waals surface area contributed by atoms with Crippen LogP contribution < -0.4 is 5.32 Å². The molecule has 1 N–H and O–H groups in total. The van der Waals surface area contributed by atoms with Gasteiger partial charge in [-0.05, 0) is 31.7 Å². The molecule has 22 heavy (non-hydrogen) atoms. The number of benzene rings is 1. The number of carbonyl (C=O) groups excluding carboxylic acids is 1. The summed E-state index contributed by atoms with van der Waals surface area (Å²) in [5.74, 6) is 0.106. The van der Waals surface area contributed by atoms with Crippen molar-refractivity contribution in [3.8, 4) is 5.69 Å². The van der Waals surface area contributed by atoms with E-state index in [4.69, 9.17) is 0 Å². The van der Waals surface area contributed by atoms with Crippen molar-refractivity contribution in [3.05, 3.63) is 42.5 Å². The summed E-state index contributed by atoms with van der Waals surface area (Å²) in [4.78, 5) is 18.1. The summed E-state index contributed by atoms with van der Waals surface area (Å²) in [5.41, 5.74) is 2.04. The van der Waals surface area contributed by atoms with Gasteiger partial charge in [-0.25, -0.2) is 9.67 Å². The molecule has 2 atom stereocenters. The molecule has 6 heteroatoms. The molecule has 1 aromatic carbocycles. The van der Waals surface area contributed by atoms with E-state index in [-0.39, 0.29) is 17.9 Å². The molecule has 2 unspecified atom stereocenters. The van der Waals surface area contributed by atoms with Crippen LogP contribution in [-0.4, -0.2) is 46.2 Å². The zero-order valence-corrected chi connectivity index (χ0v) is 13.5. The minimum absolute atomic E-state index is 0.0246. The van der Waals surface area contributed by atoms with Gasteiger partial charge in [0.1, 0.15) is 12.7 Å². The molecule has 1 amide bonds. The van der Waals surface area contributed by atoms with Crippen LogP contribution in [0, 0.1) is 5.92 Å². The lowest BCUT2D eigenvalue weighted by Gasteiger charge is -2.28. The van der Waals surface area contributed by atoms with Crippen LogP contribution in [0.5, 0.6) is 0 Å². The highest BCUT2D eigenvalue weighted by molar-refractivity contribution is 5.78. The molecule has 0 saturated carbocycles. The summed E-state index contributed by atoms with van der Waals surface area (Å²) >= 11 is 0. The Morgan fingerprint density at radius 2 is 2.00 bits per heavy atom. The third-order valence-electron chi connectivity index (χ3n) is 3.92. The average molecular weight is 301 g/mol. The van der Waals surface area contributed by atoms with Crippen molar-refractivity contribution in [2.75, 3.05) is 20.6 Å². The van der Waals surface area contributed by atoms with E-state index in [0.717, 1.165) is 11.3 Å². The molecular formula is C16H23N5O. The molecule has 0 aliphatic carbocycles. The van der Waals surface area contributed by atoms with Gasteiger partial charge in [0, 0.05) is 19.5 Å². The first-order chi connectivity index (χ1) is 10.5. The molecule has 2 rings (SSSR count). The lowest BCUT2D eigenvalue weighted by Crippen LogP contribution is -2.37. The Hall–Kier alpha value is -2.21. The fourth-order valence-corrected chi connectivity index (χ4v) is 2.40. The van der Waals surface area contributed by atoms with Gasteiger partial charge in [-0.2, -0.15) is 5.10 Å². The lowest BCUT2D eigenvalue weighted by molar-refractivity contribution is -0.135. The van der Waals surface area contributed by atoms with Gasteiger partial charge in [-0.1, -0.05) is 19.1 Å². The molecule has 0 fully saturated rings. The second-order valence-electron chi connectivity index (χ2n) is 5.52. The molecule has 0 aliphatic rings. The minimum Gasteiger partial charge on any atom is -0.339 e. The topological polar surface area (TPSA) is 63.1 Å². The minimum atomic E-state index is -0.0353. The third kappa shape index (κ3) is 3.51. The Labute approximate surface area is 131 Å². The predicted octanol–water partition coefficient (Wildman–Crippen LogP) is 1.64. The highest BCUT2D eigenvalue weighted by atomic mass is 16.2. The van der Waals surface area contributed by atoms with E-state index >= 15 is 0 Å². The van der Waals surface area contributed by atoms with Crippen molar-refractivity contribution in [3.63, 3.8) is 0 Å². The van der Waals surface area contributed by atoms with Crippen LogP contribution in [0.25, 0.3) is 5.69 Å². The van der Waals surface area contributed by atoms with E-state index in [1.807, 2.05) is 52.2 Å². The molecule has 0 bridgehead atoms. The molecule has 1 aromatic heterocycles. The highest BCUT2D eigenvalue weighted by Crippen LogP contribution is 2.21. The van der Waals surface area contributed by atoms with E-state index in [1.54, 1.807) is 15.9 Å². The third-order valence-corrected chi connectivity index (χ3v) is 3.92. The van der Waals surface area contributed by atoms with E-state index in [1.165, 1.54) is 6.33 Å². The molecule has 1 heterocycles. The van der Waals surface area contributed by atoms with Crippen molar-refractivity contribution in [1.82, 2.24) is 25.0 Å². The van der Waals surface area contributed by atoms with Gasteiger partial charge in [-0.15, -0.1) is 0 Å². The zero-order chi connectivity index (χ0) is 16.1. The number of hydrogen-bond donors (Lipinski definition) is 1. The number of hydrogen-bond acceptors (Lipinski definition) is 4. The Kier molecular flexibility index (Phi) is 5.27. The molecule has 2 aromatic rings. The molecular weight excluding hydrogens is 278 g/mol. The molecule has 6 nitrogen and oxygen atoms in total. The summed E-state index contributed by atoms with van der Waals surface area (Å²) in [5, 5.41) is 7.14. The largest absolute Gasteiger partial charge is 0.339 e. The first-order valence-electron chi connectivity index (χ1n) is 7.40. The molecule has 0 saturated heterocycles. The normalized spacial score (nSPS) is 13.6. The molecule has 0 aliphatic heterocycles. The van der Waals surface area contributed by atoms with E-state index < -0.39 is 0 Å². The van der Waals surface area contributed by atoms with Gasteiger partial charge in [0.05, 0.1) is 11.7 Å². The van der Waals surface area contributed by atoms with E-state index in [0.29, 0.717) is 6.54 Å². The number of amides is 1. The summed E-state index contributed by atoms with van der Waals surface area (Å²) in [6.45, 7) is 4.66. The maximum Gasteiger partial charge on any atom is 0.226 e. The van der Waals surface area contributed by atoms with Gasteiger partial charge < -0.3 is 10.2 Å². The second-order valence-corrected chi connectivity index (χ2v) is 5.52. The first kappa shape index (κ1) is 16.2. The van der Waals surface area contributed by atoms with Gasteiger partial charge in [0.2, 0.25) is 5.91 Å². The van der Waals surface area contributed by atoms with E-state index in [9.17, 15) is 4.79 Å². The monoisotopic (exact) mass is 301 g/mol. The number of rotatable bonds is 6. The van der Waals surface area contributed by atoms with Crippen molar-refractivity contribution in [1.29, 1.82) is 0 Å². The van der Waals surface area contributed by atoms with Crippen LogP contribution in [0.4, 0.5) is 0 Å². The zero-order valence-electron chi connectivity index (χ0n) is 13.5. The Morgan fingerprint density at radius 1 is 1.32 bits per heavy atom. The van der Waals surface area contributed by atoms with Crippen LogP contribution >= 0.6 is 0 Å². The standard InChI is InChI=1S/C16H23N5O/c1-12(9-17-3)16(22)20(4)13(2)14-5-7-15(8-6-14)21-11-18-10-19-21/h5-8,10-13,17H,9H2,1-4H3. The summed E-state index contributed by atoms with van der Waals surface area (Å²) in [6.07, 6.45) is 3.17. The Morgan fingerprint density at radius 3 is 2.55 bits per heavy atom.